The van der Waals surface area contributed by atoms with Gasteiger partial charge in [-0.25, -0.2) is 0 Å². The van der Waals surface area contributed by atoms with Crippen LogP contribution in [0.4, 0.5) is 0 Å². The van der Waals surface area contributed by atoms with E-state index >= 15 is 0 Å². The van der Waals surface area contributed by atoms with Crippen molar-refractivity contribution in [1.29, 1.82) is 0 Å². The highest BCUT2D eigenvalue weighted by atomic mass is 16.6. The number of hydrogen-bond acceptors (Lipinski definition) is 5. The van der Waals surface area contributed by atoms with Crippen LogP contribution in [0.15, 0.2) is 60.7 Å². The molecule has 0 saturated carbocycles. The minimum absolute atomic E-state index is 0.137. The molecule has 1 fully saturated rings. The van der Waals surface area contributed by atoms with Crippen LogP contribution in [0.1, 0.15) is 18.1 Å². The molecule has 5 nitrogen and oxygen atoms in total. The fourth-order valence-electron chi connectivity index (χ4n) is 3.23. The van der Waals surface area contributed by atoms with E-state index in [1.165, 1.54) is 0 Å². The predicted molar refractivity (Wildman–Crippen MR) is 99.4 cm³/mol. The van der Waals surface area contributed by atoms with Gasteiger partial charge in [0.1, 0.15) is 18.3 Å². The molecule has 26 heavy (non-hydrogen) atoms. The molecule has 1 aliphatic rings. The maximum absolute atomic E-state index is 9.76. The number of nitrogens with two attached hydrogens (primary N) is 1. The molecule has 3 rings (SSSR count). The quantitative estimate of drug-likeness (QED) is 0.795. The summed E-state index contributed by atoms with van der Waals surface area (Å²) in [5.74, 6) is 0. The SMILES string of the molecule is C[C@@H]1OC(CO)[C@H](OCc2ccccc2)[C@H](OCc2ccccc2)C1N. The van der Waals surface area contributed by atoms with Crippen molar-refractivity contribution in [3.8, 4) is 0 Å². The minimum atomic E-state index is -0.464. The van der Waals surface area contributed by atoms with E-state index in [-0.39, 0.29) is 24.9 Å². The molecule has 0 bridgehead atoms. The molecule has 1 heterocycles. The summed E-state index contributed by atoms with van der Waals surface area (Å²) in [6, 6.07) is 19.5. The maximum atomic E-state index is 9.76. The lowest BCUT2D eigenvalue weighted by Crippen LogP contribution is -2.62. The average Bonchev–Trinajstić information content (AvgIpc) is 2.69. The molecule has 1 saturated heterocycles. The van der Waals surface area contributed by atoms with E-state index in [0.717, 1.165) is 11.1 Å². The summed E-state index contributed by atoms with van der Waals surface area (Å²) in [6.07, 6.45) is -1.48. The Kier molecular flexibility index (Phi) is 6.77. The lowest BCUT2D eigenvalue weighted by atomic mass is 9.93. The zero-order valence-electron chi connectivity index (χ0n) is 15.0. The van der Waals surface area contributed by atoms with Crippen molar-refractivity contribution >= 4 is 0 Å². The van der Waals surface area contributed by atoms with Crippen LogP contribution in [-0.4, -0.2) is 42.2 Å². The van der Waals surface area contributed by atoms with E-state index in [1.807, 2.05) is 67.6 Å². The fourth-order valence-corrected chi connectivity index (χ4v) is 3.23. The number of aliphatic hydroxyl groups is 1. The summed E-state index contributed by atoms with van der Waals surface area (Å²) in [4.78, 5) is 0. The molecule has 0 aliphatic carbocycles. The van der Waals surface area contributed by atoms with Crippen molar-refractivity contribution in [2.24, 2.45) is 5.73 Å². The Bertz CT molecular complexity index is 608. The first kappa shape index (κ1) is 19.0. The van der Waals surface area contributed by atoms with E-state index in [9.17, 15) is 5.11 Å². The number of ether oxygens (including phenoxy) is 3. The van der Waals surface area contributed by atoms with Crippen molar-refractivity contribution in [2.75, 3.05) is 6.61 Å². The Hall–Kier alpha value is -1.76. The summed E-state index contributed by atoms with van der Waals surface area (Å²) in [6.45, 7) is 2.62. The Morgan fingerprint density at radius 3 is 1.88 bits per heavy atom. The summed E-state index contributed by atoms with van der Waals surface area (Å²) in [5, 5.41) is 9.76. The van der Waals surface area contributed by atoms with Gasteiger partial charge in [-0.2, -0.15) is 0 Å². The van der Waals surface area contributed by atoms with Crippen molar-refractivity contribution in [3.05, 3.63) is 71.8 Å². The van der Waals surface area contributed by atoms with Gasteiger partial charge in [0.25, 0.3) is 0 Å². The molecule has 2 aromatic carbocycles. The monoisotopic (exact) mass is 357 g/mol. The highest BCUT2D eigenvalue weighted by Gasteiger charge is 2.44. The summed E-state index contributed by atoms with van der Waals surface area (Å²) in [7, 11) is 0. The molecule has 0 aromatic heterocycles. The van der Waals surface area contributed by atoms with Crippen molar-refractivity contribution in [3.63, 3.8) is 0 Å². The minimum Gasteiger partial charge on any atom is -0.394 e. The van der Waals surface area contributed by atoms with E-state index < -0.39 is 12.2 Å². The van der Waals surface area contributed by atoms with Gasteiger partial charge in [0.15, 0.2) is 0 Å². The lowest BCUT2D eigenvalue weighted by molar-refractivity contribution is -0.220. The van der Waals surface area contributed by atoms with Crippen molar-refractivity contribution in [1.82, 2.24) is 0 Å². The number of aliphatic hydroxyl groups excluding tert-OH is 1. The second-order valence-corrected chi connectivity index (χ2v) is 6.66. The van der Waals surface area contributed by atoms with Gasteiger partial charge in [-0.05, 0) is 18.1 Å². The average molecular weight is 357 g/mol. The van der Waals surface area contributed by atoms with Gasteiger partial charge in [0, 0.05) is 0 Å². The van der Waals surface area contributed by atoms with Gasteiger partial charge < -0.3 is 25.1 Å². The van der Waals surface area contributed by atoms with Gasteiger partial charge in [-0.1, -0.05) is 60.7 Å². The third-order valence-corrected chi connectivity index (χ3v) is 4.75. The molecule has 1 aliphatic heterocycles. The molecular weight excluding hydrogens is 330 g/mol. The Balaban J connectivity index is 1.71. The van der Waals surface area contributed by atoms with Crippen molar-refractivity contribution < 1.29 is 19.3 Å². The first-order valence-corrected chi connectivity index (χ1v) is 9.02. The van der Waals surface area contributed by atoms with Crippen LogP contribution in [0.25, 0.3) is 0 Å². The number of rotatable bonds is 7. The molecule has 0 amide bonds. The smallest absolute Gasteiger partial charge is 0.114 e. The normalized spacial score (nSPS) is 28.8. The Morgan fingerprint density at radius 2 is 1.38 bits per heavy atom. The first-order chi connectivity index (χ1) is 12.7. The zero-order chi connectivity index (χ0) is 18.4. The summed E-state index contributed by atoms with van der Waals surface area (Å²) >= 11 is 0. The van der Waals surface area contributed by atoms with E-state index in [0.29, 0.717) is 13.2 Å². The number of hydrogen-bond donors (Lipinski definition) is 2. The third kappa shape index (κ3) is 4.69. The molecule has 0 spiro atoms. The molecule has 0 radical (unpaired) electrons. The fraction of sp³-hybridized carbons (Fsp3) is 0.429. The van der Waals surface area contributed by atoms with Crippen LogP contribution in [0.5, 0.6) is 0 Å². The van der Waals surface area contributed by atoms with Crippen LogP contribution in [0.2, 0.25) is 0 Å². The van der Waals surface area contributed by atoms with Gasteiger partial charge in [0.05, 0.1) is 32.0 Å². The van der Waals surface area contributed by atoms with Crippen molar-refractivity contribution in [2.45, 2.75) is 50.6 Å². The molecule has 140 valence electrons. The van der Waals surface area contributed by atoms with Crippen LogP contribution in [0.3, 0.4) is 0 Å². The molecule has 2 unspecified atom stereocenters. The van der Waals surface area contributed by atoms with Crippen LogP contribution in [0, 0.1) is 0 Å². The summed E-state index contributed by atoms with van der Waals surface area (Å²) < 4.78 is 18.1. The van der Waals surface area contributed by atoms with Gasteiger partial charge >= 0.3 is 0 Å². The molecule has 5 atom stereocenters. The topological polar surface area (TPSA) is 73.9 Å². The van der Waals surface area contributed by atoms with Gasteiger partial charge in [0.2, 0.25) is 0 Å². The highest BCUT2D eigenvalue weighted by molar-refractivity contribution is 5.14. The van der Waals surface area contributed by atoms with Gasteiger partial charge in [-0.3, -0.25) is 0 Å². The Morgan fingerprint density at radius 1 is 0.885 bits per heavy atom. The molecule has 2 aromatic rings. The van der Waals surface area contributed by atoms with E-state index in [2.05, 4.69) is 0 Å². The zero-order valence-corrected chi connectivity index (χ0v) is 15.0. The third-order valence-electron chi connectivity index (χ3n) is 4.75. The second kappa shape index (κ2) is 9.26. The second-order valence-electron chi connectivity index (χ2n) is 6.66. The largest absolute Gasteiger partial charge is 0.394 e. The summed E-state index contributed by atoms with van der Waals surface area (Å²) in [5.41, 5.74) is 8.48. The van der Waals surface area contributed by atoms with Crippen LogP contribution in [-0.2, 0) is 27.4 Å². The van der Waals surface area contributed by atoms with Crippen LogP contribution >= 0.6 is 0 Å². The number of benzene rings is 2. The van der Waals surface area contributed by atoms with E-state index in [4.69, 9.17) is 19.9 Å². The predicted octanol–water partition coefficient (Wildman–Crippen LogP) is 2.26. The maximum Gasteiger partial charge on any atom is 0.114 e. The van der Waals surface area contributed by atoms with E-state index in [1.54, 1.807) is 0 Å². The lowest BCUT2D eigenvalue weighted by Gasteiger charge is -2.43. The Labute approximate surface area is 154 Å². The highest BCUT2D eigenvalue weighted by Crippen LogP contribution is 2.26. The molecule has 3 N–H and O–H groups in total. The standard InChI is InChI=1S/C21H27NO4/c1-15-19(22)21(25-14-17-10-6-3-7-11-17)20(18(12-23)26-15)24-13-16-8-4-2-5-9-16/h2-11,15,18-21,23H,12-14,22H2,1H3/t15-,18?,19?,20-,21+/m0/s1. The van der Waals surface area contributed by atoms with Gasteiger partial charge in [-0.15, -0.1) is 0 Å². The molecule has 5 heteroatoms. The van der Waals surface area contributed by atoms with Crippen LogP contribution < -0.4 is 5.73 Å². The molecular formula is C21H27NO4. The first-order valence-electron chi connectivity index (χ1n) is 9.02.